The van der Waals surface area contributed by atoms with Gasteiger partial charge >= 0.3 is 0 Å². The van der Waals surface area contributed by atoms with Crippen LogP contribution in [0.3, 0.4) is 0 Å². The number of likely N-dealkylation sites (tertiary alicyclic amines) is 1. The van der Waals surface area contributed by atoms with Crippen molar-refractivity contribution in [3.05, 3.63) is 29.3 Å². The predicted octanol–water partition coefficient (Wildman–Crippen LogP) is 4.88. The van der Waals surface area contributed by atoms with Crippen LogP contribution < -0.4 is 0 Å². The summed E-state index contributed by atoms with van der Waals surface area (Å²) in [4.78, 5) is 2.77. The zero-order valence-corrected chi connectivity index (χ0v) is 18.5. The van der Waals surface area contributed by atoms with Crippen LogP contribution in [0.5, 0.6) is 5.75 Å². The number of phenols is 1. The Morgan fingerprint density at radius 2 is 1.89 bits per heavy atom. The minimum absolute atomic E-state index is 0.0883. The molecule has 156 valence electrons. The smallest absolute Gasteiger partial charge is 0.115 e. The summed E-state index contributed by atoms with van der Waals surface area (Å²) in [5, 5.41) is 21.3. The number of rotatable bonds is 5. The van der Waals surface area contributed by atoms with Crippen LogP contribution in [0.1, 0.15) is 77.8 Å². The van der Waals surface area contributed by atoms with E-state index in [1.165, 1.54) is 37.1 Å². The van der Waals surface area contributed by atoms with E-state index < -0.39 is 5.60 Å². The van der Waals surface area contributed by atoms with Gasteiger partial charge in [-0.15, -0.1) is 0 Å². The highest BCUT2D eigenvalue weighted by Gasteiger charge is 2.51. The van der Waals surface area contributed by atoms with Gasteiger partial charge in [-0.2, -0.15) is 0 Å². The Kier molecular flexibility index (Phi) is 4.87. The molecule has 2 aliphatic carbocycles. The Morgan fingerprint density at radius 1 is 1.18 bits per heavy atom. The minimum Gasteiger partial charge on any atom is -0.508 e. The lowest BCUT2D eigenvalue weighted by molar-refractivity contribution is -0.0646. The summed E-state index contributed by atoms with van der Waals surface area (Å²) in [5.41, 5.74) is 2.07. The van der Waals surface area contributed by atoms with E-state index in [0.717, 1.165) is 31.6 Å². The van der Waals surface area contributed by atoms with Crippen molar-refractivity contribution in [3.63, 3.8) is 0 Å². The molecule has 1 unspecified atom stereocenters. The van der Waals surface area contributed by atoms with Crippen LogP contribution in [0.25, 0.3) is 0 Å². The average Bonchev–Trinajstić information content (AvgIpc) is 3.40. The molecule has 4 atom stereocenters. The molecule has 0 radical (unpaired) electrons. The summed E-state index contributed by atoms with van der Waals surface area (Å²) in [6, 6.07) is 6.59. The van der Waals surface area contributed by atoms with Gasteiger partial charge in [0.15, 0.2) is 0 Å². The molecule has 1 aliphatic heterocycles. The second-order valence-corrected chi connectivity index (χ2v) is 11.4. The van der Waals surface area contributed by atoms with Gasteiger partial charge in [-0.1, -0.05) is 33.8 Å². The number of phenolic OH excluding ortho intramolecular Hbond substituents is 1. The number of benzene rings is 1. The van der Waals surface area contributed by atoms with Crippen LogP contribution in [0.15, 0.2) is 18.2 Å². The first-order valence-electron chi connectivity index (χ1n) is 11.3. The summed E-state index contributed by atoms with van der Waals surface area (Å²) in [6.45, 7) is 13.3. The number of aromatic hydroxyl groups is 1. The summed E-state index contributed by atoms with van der Waals surface area (Å²) < 4.78 is 0. The van der Waals surface area contributed by atoms with Gasteiger partial charge in [-0.25, -0.2) is 0 Å². The number of piperidine rings is 1. The first-order valence-corrected chi connectivity index (χ1v) is 11.3. The first kappa shape index (κ1) is 20.2. The van der Waals surface area contributed by atoms with E-state index in [-0.39, 0.29) is 10.8 Å². The molecular formula is C25H39NO2. The van der Waals surface area contributed by atoms with Crippen LogP contribution in [-0.2, 0) is 11.8 Å². The Balaban J connectivity index is 1.65. The molecule has 1 saturated heterocycles. The van der Waals surface area contributed by atoms with Crippen molar-refractivity contribution in [2.75, 3.05) is 13.1 Å². The first-order chi connectivity index (χ1) is 13.0. The van der Waals surface area contributed by atoms with Crippen molar-refractivity contribution in [2.24, 2.45) is 17.3 Å². The topological polar surface area (TPSA) is 43.7 Å². The van der Waals surface area contributed by atoms with Crippen molar-refractivity contribution in [1.82, 2.24) is 4.90 Å². The Bertz CT molecular complexity index is 731. The highest BCUT2D eigenvalue weighted by Crippen LogP contribution is 2.52. The lowest BCUT2D eigenvalue weighted by atomic mass is 9.56. The van der Waals surface area contributed by atoms with E-state index >= 15 is 0 Å². The van der Waals surface area contributed by atoms with Gasteiger partial charge in [0.1, 0.15) is 5.75 Å². The molecular weight excluding hydrogens is 346 g/mol. The molecule has 2 fully saturated rings. The summed E-state index contributed by atoms with van der Waals surface area (Å²) in [5.74, 6) is 1.83. The fraction of sp³-hybridized carbons (Fsp3) is 0.760. The van der Waals surface area contributed by atoms with Gasteiger partial charge in [-0.05, 0) is 97.9 Å². The molecule has 3 aliphatic rings. The van der Waals surface area contributed by atoms with Gasteiger partial charge < -0.3 is 10.2 Å². The van der Waals surface area contributed by atoms with E-state index in [2.05, 4.69) is 38.7 Å². The Hall–Kier alpha value is -1.06. The fourth-order valence-electron chi connectivity index (χ4n) is 5.69. The number of hydrogen-bond acceptors (Lipinski definition) is 3. The van der Waals surface area contributed by atoms with Gasteiger partial charge in [-0.3, -0.25) is 4.90 Å². The second-order valence-electron chi connectivity index (χ2n) is 11.4. The van der Waals surface area contributed by atoms with Gasteiger partial charge in [0.2, 0.25) is 0 Å². The van der Waals surface area contributed by atoms with Gasteiger partial charge in [0.25, 0.3) is 0 Å². The maximum atomic E-state index is 11.1. The summed E-state index contributed by atoms with van der Waals surface area (Å²) >= 11 is 0. The van der Waals surface area contributed by atoms with Crippen molar-refractivity contribution in [1.29, 1.82) is 0 Å². The normalized spacial score (nSPS) is 32.6. The third-order valence-corrected chi connectivity index (χ3v) is 8.56. The molecule has 2 bridgehead atoms. The molecule has 4 rings (SSSR count). The van der Waals surface area contributed by atoms with Gasteiger partial charge in [0.05, 0.1) is 5.60 Å². The van der Waals surface area contributed by atoms with E-state index in [1.54, 1.807) is 0 Å². The van der Waals surface area contributed by atoms with Crippen LogP contribution in [0.4, 0.5) is 0 Å². The van der Waals surface area contributed by atoms with E-state index in [4.69, 9.17) is 0 Å². The lowest BCUT2D eigenvalue weighted by Gasteiger charge is -2.56. The molecule has 0 amide bonds. The van der Waals surface area contributed by atoms with Crippen LogP contribution >= 0.6 is 0 Å². The zero-order chi connectivity index (χ0) is 20.3. The van der Waals surface area contributed by atoms with Crippen molar-refractivity contribution >= 4 is 0 Å². The maximum Gasteiger partial charge on any atom is 0.115 e. The van der Waals surface area contributed by atoms with Crippen molar-refractivity contribution in [3.8, 4) is 5.75 Å². The number of fused-ring (bicyclic) bond motifs is 4. The largest absolute Gasteiger partial charge is 0.508 e. The van der Waals surface area contributed by atoms with Crippen LogP contribution in [-0.4, -0.2) is 39.8 Å². The number of hydrogen-bond donors (Lipinski definition) is 2. The number of nitrogens with zero attached hydrogens (tertiary/aromatic N) is 1. The zero-order valence-electron chi connectivity index (χ0n) is 18.5. The lowest BCUT2D eigenvalue weighted by Crippen LogP contribution is -2.59. The summed E-state index contributed by atoms with van der Waals surface area (Å²) in [7, 11) is 0. The number of aliphatic hydroxyl groups is 1. The highest BCUT2D eigenvalue weighted by molar-refractivity contribution is 5.44. The van der Waals surface area contributed by atoms with Crippen molar-refractivity contribution < 1.29 is 10.2 Å². The van der Waals surface area contributed by atoms with E-state index in [0.29, 0.717) is 17.7 Å². The maximum absolute atomic E-state index is 11.1. The molecule has 3 heteroatoms. The minimum atomic E-state index is -0.669. The monoisotopic (exact) mass is 385 g/mol. The SMILES string of the molecule is CC(C)(C)C(C)(O)CC[C@@H]1[C@H]2Cc3ccc(O)cc3[C@@]1(C)CCN2CC1CC1. The predicted molar refractivity (Wildman–Crippen MR) is 115 cm³/mol. The molecule has 0 spiro atoms. The van der Waals surface area contributed by atoms with E-state index in [1.807, 2.05) is 19.1 Å². The highest BCUT2D eigenvalue weighted by atomic mass is 16.3. The molecule has 1 heterocycles. The average molecular weight is 386 g/mol. The Labute approximate surface area is 171 Å². The third kappa shape index (κ3) is 3.50. The van der Waals surface area contributed by atoms with Crippen LogP contribution in [0, 0.1) is 17.3 Å². The molecule has 3 nitrogen and oxygen atoms in total. The van der Waals surface area contributed by atoms with E-state index in [9.17, 15) is 10.2 Å². The van der Waals surface area contributed by atoms with Crippen molar-refractivity contribution in [2.45, 2.75) is 90.2 Å². The summed E-state index contributed by atoms with van der Waals surface area (Å²) in [6.07, 6.45) is 6.90. The third-order valence-electron chi connectivity index (χ3n) is 8.56. The molecule has 1 aromatic carbocycles. The quantitative estimate of drug-likeness (QED) is 0.759. The molecule has 1 aromatic rings. The van der Waals surface area contributed by atoms with Gasteiger partial charge in [0, 0.05) is 12.6 Å². The molecule has 0 aromatic heterocycles. The standard InChI is InChI=1S/C25H39NO2/c1-23(2,3)25(5,28)11-10-20-22-14-18-8-9-19(27)15-21(18)24(20,4)12-13-26(22)16-17-6-7-17/h8-9,15,17,20,22,27-28H,6-7,10-14,16H2,1-5H3/t20-,22-,24+,25?/m1/s1. The molecule has 28 heavy (non-hydrogen) atoms. The fourth-order valence-corrected chi connectivity index (χ4v) is 5.69. The molecule has 1 saturated carbocycles. The Morgan fingerprint density at radius 3 is 2.54 bits per heavy atom. The second kappa shape index (κ2) is 6.74. The van der Waals surface area contributed by atoms with Crippen LogP contribution in [0.2, 0.25) is 0 Å². The molecule has 2 N–H and O–H groups in total.